The number of nitrogens with one attached hydrogen (secondary N) is 1. The largest absolute Gasteiger partial charge is 0.353 e. The third kappa shape index (κ3) is 2.69. The molecule has 0 aliphatic heterocycles. The Labute approximate surface area is 80.1 Å². The summed E-state index contributed by atoms with van der Waals surface area (Å²) in [6, 6.07) is 0.417. The fourth-order valence-electron chi connectivity index (χ4n) is 1.49. The van der Waals surface area contributed by atoms with Gasteiger partial charge in [-0.05, 0) is 18.3 Å². The lowest BCUT2D eigenvalue weighted by Crippen LogP contribution is -2.39. The third-order valence-electron chi connectivity index (χ3n) is 2.83. The smallest absolute Gasteiger partial charge is 0.224 e. The van der Waals surface area contributed by atoms with Crippen LogP contribution in [0.5, 0.6) is 0 Å². The lowest BCUT2D eigenvalue weighted by Gasteiger charge is -2.18. The Bertz CT molecular complexity index is 191. The molecule has 0 aromatic carbocycles. The molecular formula is C10H20N2O. The van der Waals surface area contributed by atoms with Gasteiger partial charge in [-0.15, -0.1) is 0 Å². The van der Waals surface area contributed by atoms with E-state index in [2.05, 4.69) is 12.2 Å². The average Bonchev–Trinajstić information content (AvgIpc) is 2.66. The minimum atomic E-state index is -0.0206. The van der Waals surface area contributed by atoms with Crippen molar-refractivity contribution >= 4 is 5.91 Å². The van der Waals surface area contributed by atoms with Crippen LogP contribution in [0.1, 0.15) is 27.2 Å². The molecule has 3 N–H and O–H groups in total. The maximum absolute atomic E-state index is 11.6. The lowest BCUT2D eigenvalue weighted by molar-refractivity contribution is -0.126. The summed E-state index contributed by atoms with van der Waals surface area (Å²) in [5.74, 6) is 1.10. The molecular weight excluding hydrogens is 164 g/mol. The topological polar surface area (TPSA) is 55.1 Å². The number of hydrogen-bond acceptors (Lipinski definition) is 2. The van der Waals surface area contributed by atoms with Crippen LogP contribution in [0.15, 0.2) is 0 Å². The second-order valence-corrected chi connectivity index (χ2v) is 4.41. The molecule has 0 saturated heterocycles. The number of amides is 1. The van der Waals surface area contributed by atoms with Crippen molar-refractivity contribution in [3.8, 4) is 0 Å². The molecule has 0 spiro atoms. The second-order valence-electron chi connectivity index (χ2n) is 4.41. The summed E-state index contributed by atoms with van der Waals surface area (Å²) < 4.78 is 0. The van der Waals surface area contributed by atoms with Crippen molar-refractivity contribution in [2.45, 2.75) is 33.2 Å². The zero-order valence-corrected chi connectivity index (χ0v) is 8.71. The first kappa shape index (κ1) is 10.5. The zero-order chi connectivity index (χ0) is 10.0. The summed E-state index contributed by atoms with van der Waals surface area (Å²) in [6.07, 6.45) is 1.13. The fourth-order valence-corrected chi connectivity index (χ4v) is 1.49. The maximum atomic E-state index is 11.6. The summed E-state index contributed by atoms with van der Waals surface area (Å²) >= 11 is 0. The first-order valence-electron chi connectivity index (χ1n) is 5.06. The van der Waals surface area contributed by atoms with Gasteiger partial charge in [0.15, 0.2) is 0 Å². The standard InChI is InChI=1S/C10H20N2O/c1-6(2)8(5-11)10(13)12-9-4-7(9)3/h6-9H,4-5,11H2,1-3H3,(H,12,13). The van der Waals surface area contributed by atoms with Crippen LogP contribution in [-0.4, -0.2) is 18.5 Å². The van der Waals surface area contributed by atoms with Gasteiger partial charge in [0.25, 0.3) is 0 Å². The molecule has 1 fully saturated rings. The average molecular weight is 184 g/mol. The minimum Gasteiger partial charge on any atom is -0.353 e. The lowest BCUT2D eigenvalue weighted by atomic mass is 9.95. The second kappa shape index (κ2) is 4.09. The van der Waals surface area contributed by atoms with E-state index in [1.54, 1.807) is 0 Å². The van der Waals surface area contributed by atoms with Gasteiger partial charge in [0, 0.05) is 12.6 Å². The molecule has 1 saturated carbocycles. The number of rotatable bonds is 4. The van der Waals surface area contributed by atoms with E-state index in [-0.39, 0.29) is 11.8 Å². The first-order chi connectivity index (χ1) is 6.06. The van der Waals surface area contributed by atoms with Crippen LogP contribution >= 0.6 is 0 Å². The predicted octanol–water partition coefficient (Wildman–Crippen LogP) is 0.742. The van der Waals surface area contributed by atoms with Crippen LogP contribution in [0.25, 0.3) is 0 Å². The summed E-state index contributed by atoms with van der Waals surface area (Å²) in [4.78, 5) is 11.6. The fraction of sp³-hybridized carbons (Fsp3) is 0.900. The van der Waals surface area contributed by atoms with E-state index in [0.717, 1.165) is 6.42 Å². The highest BCUT2D eigenvalue weighted by atomic mass is 16.2. The van der Waals surface area contributed by atoms with Crippen molar-refractivity contribution in [2.24, 2.45) is 23.5 Å². The summed E-state index contributed by atoms with van der Waals surface area (Å²) in [5, 5.41) is 3.02. The van der Waals surface area contributed by atoms with Crippen molar-refractivity contribution in [2.75, 3.05) is 6.54 Å². The van der Waals surface area contributed by atoms with Crippen LogP contribution in [0, 0.1) is 17.8 Å². The number of carbonyl (C=O) groups excluding carboxylic acids is 1. The normalized spacial score (nSPS) is 28.7. The Kier molecular flexibility index (Phi) is 3.31. The SMILES string of the molecule is CC(C)C(CN)C(=O)NC1CC1C. The predicted molar refractivity (Wildman–Crippen MR) is 53.1 cm³/mol. The van der Waals surface area contributed by atoms with Crippen LogP contribution in [0.3, 0.4) is 0 Å². The van der Waals surface area contributed by atoms with Crippen molar-refractivity contribution in [3.05, 3.63) is 0 Å². The Morgan fingerprint density at radius 2 is 2.15 bits per heavy atom. The molecule has 0 bridgehead atoms. The van der Waals surface area contributed by atoms with Crippen LogP contribution in [0.2, 0.25) is 0 Å². The van der Waals surface area contributed by atoms with Crippen LogP contribution in [-0.2, 0) is 4.79 Å². The van der Waals surface area contributed by atoms with Gasteiger partial charge in [0.1, 0.15) is 0 Å². The monoisotopic (exact) mass is 184 g/mol. The summed E-state index contributed by atoms with van der Waals surface area (Å²) in [7, 11) is 0. The van der Waals surface area contributed by atoms with Crippen molar-refractivity contribution in [1.29, 1.82) is 0 Å². The molecule has 3 atom stereocenters. The highest BCUT2D eigenvalue weighted by Crippen LogP contribution is 2.29. The Balaban J connectivity index is 2.36. The number of carbonyl (C=O) groups is 1. The molecule has 0 aromatic rings. The zero-order valence-electron chi connectivity index (χ0n) is 8.71. The van der Waals surface area contributed by atoms with Gasteiger partial charge in [-0.3, -0.25) is 4.79 Å². The Morgan fingerprint density at radius 3 is 2.46 bits per heavy atom. The van der Waals surface area contributed by atoms with E-state index in [1.807, 2.05) is 13.8 Å². The van der Waals surface area contributed by atoms with Gasteiger partial charge >= 0.3 is 0 Å². The molecule has 3 heteroatoms. The Hall–Kier alpha value is -0.570. The molecule has 76 valence electrons. The maximum Gasteiger partial charge on any atom is 0.224 e. The van der Waals surface area contributed by atoms with E-state index in [1.165, 1.54) is 0 Å². The van der Waals surface area contributed by atoms with Gasteiger partial charge in [0.2, 0.25) is 5.91 Å². The molecule has 1 aliphatic rings. The molecule has 1 aliphatic carbocycles. The van der Waals surface area contributed by atoms with Crippen LogP contribution < -0.4 is 11.1 Å². The highest BCUT2D eigenvalue weighted by Gasteiger charge is 2.35. The molecule has 0 radical (unpaired) electrons. The quantitative estimate of drug-likeness (QED) is 0.677. The van der Waals surface area contributed by atoms with Gasteiger partial charge < -0.3 is 11.1 Å². The third-order valence-corrected chi connectivity index (χ3v) is 2.83. The molecule has 3 unspecified atom stereocenters. The van der Waals surface area contributed by atoms with Gasteiger partial charge in [-0.25, -0.2) is 0 Å². The van der Waals surface area contributed by atoms with E-state index in [9.17, 15) is 4.79 Å². The number of hydrogen-bond donors (Lipinski definition) is 2. The van der Waals surface area contributed by atoms with Crippen molar-refractivity contribution in [3.63, 3.8) is 0 Å². The molecule has 13 heavy (non-hydrogen) atoms. The summed E-state index contributed by atoms with van der Waals surface area (Å²) in [6.45, 7) is 6.67. The van der Waals surface area contributed by atoms with Crippen LogP contribution in [0.4, 0.5) is 0 Å². The molecule has 3 nitrogen and oxygen atoms in total. The van der Waals surface area contributed by atoms with Gasteiger partial charge in [-0.2, -0.15) is 0 Å². The minimum absolute atomic E-state index is 0.0206. The van der Waals surface area contributed by atoms with E-state index < -0.39 is 0 Å². The Morgan fingerprint density at radius 1 is 1.62 bits per heavy atom. The van der Waals surface area contributed by atoms with Crippen molar-refractivity contribution in [1.82, 2.24) is 5.32 Å². The molecule has 0 heterocycles. The van der Waals surface area contributed by atoms with Gasteiger partial charge in [0.05, 0.1) is 5.92 Å². The summed E-state index contributed by atoms with van der Waals surface area (Å²) in [5.41, 5.74) is 5.54. The number of nitrogens with two attached hydrogens (primary N) is 1. The molecule has 0 aromatic heterocycles. The van der Waals surface area contributed by atoms with E-state index in [0.29, 0.717) is 24.4 Å². The van der Waals surface area contributed by atoms with Gasteiger partial charge in [-0.1, -0.05) is 20.8 Å². The van der Waals surface area contributed by atoms with Crippen molar-refractivity contribution < 1.29 is 4.79 Å². The molecule has 1 rings (SSSR count). The first-order valence-corrected chi connectivity index (χ1v) is 5.06. The molecule has 1 amide bonds. The highest BCUT2D eigenvalue weighted by molar-refractivity contribution is 5.79. The van der Waals surface area contributed by atoms with E-state index >= 15 is 0 Å². The van der Waals surface area contributed by atoms with E-state index in [4.69, 9.17) is 5.73 Å².